The summed E-state index contributed by atoms with van der Waals surface area (Å²) < 4.78 is 11.3. The lowest BCUT2D eigenvalue weighted by molar-refractivity contribution is 0.0975. The smallest absolute Gasteiger partial charge is 0.288 e. The molecule has 14 nitrogen and oxygen atoms in total. The van der Waals surface area contributed by atoms with E-state index in [1.165, 1.54) is 20.5 Å². The minimum absolute atomic E-state index is 0.0836. The standard InChI is InChI=1S/C15H13N3O4.C8H7N3O4/c1-21-15-13-11(19)7-12(20)18(14(13)16-9-17-15)22-8-10-5-3-2-4-6-10;1-15-8-6-4(12)2-5(13)11(14)7(6)9-3-10-8/h2-7,9,19H,8H2,1H3;2-3,12,14H,1H3. The van der Waals surface area contributed by atoms with Crippen molar-refractivity contribution < 1.29 is 29.7 Å². The number of pyridine rings is 2. The van der Waals surface area contributed by atoms with Gasteiger partial charge in [0.15, 0.2) is 11.3 Å². The SMILES string of the molecule is COc1ncnc2c1c(O)cc(=O)n2O.COc1ncnc2c1c(O)cc(=O)n2OCc1ccccc1. The number of aromatic hydroxyl groups is 2. The summed E-state index contributed by atoms with van der Waals surface area (Å²) in [7, 11) is 2.77. The zero-order chi connectivity index (χ0) is 26.5. The molecule has 0 spiro atoms. The van der Waals surface area contributed by atoms with Crippen LogP contribution in [0.3, 0.4) is 0 Å². The third-order valence-corrected chi connectivity index (χ3v) is 5.01. The molecule has 1 aromatic carbocycles. The Bertz CT molecular complexity index is 1690. The van der Waals surface area contributed by atoms with Gasteiger partial charge in [-0.15, -0.1) is 9.46 Å². The molecule has 0 aliphatic heterocycles. The van der Waals surface area contributed by atoms with Crippen LogP contribution in [0.15, 0.2) is 64.7 Å². The Morgan fingerprint density at radius 1 is 0.784 bits per heavy atom. The fraction of sp³-hybridized carbons (Fsp3) is 0.130. The number of hydrogen-bond acceptors (Lipinski definition) is 12. The van der Waals surface area contributed by atoms with Gasteiger partial charge in [0.25, 0.3) is 11.1 Å². The van der Waals surface area contributed by atoms with Gasteiger partial charge in [-0.25, -0.2) is 19.9 Å². The second-order valence-corrected chi connectivity index (χ2v) is 7.26. The highest BCUT2D eigenvalue weighted by Gasteiger charge is 2.16. The molecule has 0 saturated carbocycles. The van der Waals surface area contributed by atoms with E-state index >= 15 is 0 Å². The topological polar surface area (TPSA) is 184 Å². The number of hydrogen-bond donors (Lipinski definition) is 3. The minimum atomic E-state index is -0.777. The van der Waals surface area contributed by atoms with E-state index in [-0.39, 0.29) is 51.9 Å². The molecule has 0 aliphatic carbocycles. The van der Waals surface area contributed by atoms with Crippen molar-refractivity contribution in [2.24, 2.45) is 0 Å². The van der Waals surface area contributed by atoms with Crippen molar-refractivity contribution in [1.29, 1.82) is 0 Å². The molecule has 0 amide bonds. The predicted molar refractivity (Wildman–Crippen MR) is 128 cm³/mol. The van der Waals surface area contributed by atoms with E-state index in [4.69, 9.17) is 14.3 Å². The Kier molecular flexibility index (Phi) is 6.99. The fourth-order valence-electron chi connectivity index (χ4n) is 3.34. The van der Waals surface area contributed by atoms with Crippen LogP contribution < -0.4 is 25.4 Å². The van der Waals surface area contributed by atoms with Crippen LogP contribution in [0.1, 0.15) is 5.56 Å². The lowest BCUT2D eigenvalue weighted by Gasteiger charge is -2.12. The number of fused-ring (bicyclic) bond motifs is 2. The first kappa shape index (κ1) is 24.7. The second kappa shape index (κ2) is 10.5. The van der Waals surface area contributed by atoms with Gasteiger partial charge in [-0.05, 0) is 5.56 Å². The van der Waals surface area contributed by atoms with Gasteiger partial charge in [-0.2, -0.15) is 0 Å². The summed E-state index contributed by atoms with van der Waals surface area (Å²) in [6.45, 7) is 0.187. The Labute approximate surface area is 207 Å². The Balaban J connectivity index is 0.000000186. The van der Waals surface area contributed by atoms with E-state index in [9.17, 15) is 25.0 Å². The van der Waals surface area contributed by atoms with Crippen LogP contribution in [-0.4, -0.2) is 59.0 Å². The van der Waals surface area contributed by atoms with Gasteiger partial charge >= 0.3 is 0 Å². The number of benzene rings is 1. The molecular formula is C23H20N6O8. The van der Waals surface area contributed by atoms with Crippen molar-refractivity contribution in [3.63, 3.8) is 0 Å². The third-order valence-electron chi connectivity index (χ3n) is 5.01. The maximum atomic E-state index is 12.1. The van der Waals surface area contributed by atoms with Gasteiger partial charge in [-0.3, -0.25) is 9.59 Å². The molecule has 0 atom stereocenters. The first-order valence-electron chi connectivity index (χ1n) is 10.5. The second-order valence-electron chi connectivity index (χ2n) is 7.26. The summed E-state index contributed by atoms with van der Waals surface area (Å²) in [6.07, 6.45) is 2.36. The first-order chi connectivity index (χ1) is 17.8. The summed E-state index contributed by atoms with van der Waals surface area (Å²) in [5, 5.41) is 29.1. The van der Waals surface area contributed by atoms with Crippen molar-refractivity contribution in [2.45, 2.75) is 6.61 Å². The van der Waals surface area contributed by atoms with Gasteiger partial charge in [0.2, 0.25) is 11.8 Å². The average Bonchev–Trinajstić information content (AvgIpc) is 2.91. The molecule has 4 heterocycles. The highest BCUT2D eigenvalue weighted by molar-refractivity contribution is 5.87. The summed E-state index contributed by atoms with van der Waals surface area (Å²) in [5.41, 5.74) is -0.362. The van der Waals surface area contributed by atoms with Crippen LogP contribution in [0.5, 0.6) is 23.3 Å². The Hall–Kier alpha value is -5.40. The molecular weight excluding hydrogens is 488 g/mol. The van der Waals surface area contributed by atoms with Gasteiger partial charge in [0.05, 0.1) is 14.2 Å². The van der Waals surface area contributed by atoms with Crippen molar-refractivity contribution in [1.82, 2.24) is 29.4 Å². The van der Waals surface area contributed by atoms with E-state index in [0.717, 1.165) is 28.8 Å². The molecule has 0 radical (unpaired) electrons. The molecule has 4 aromatic heterocycles. The van der Waals surface area contributed by atoms with E-state index in [0.29, 0.717) is 4.73 Å². The molecule has 3 N–H and O–H groups in total. The van der Waals surface area contributed by atoms with Gasteiger partial charge in [0, 0.05) is 12.1 Å². The minimum Gasteiger partial charge on any atom is -0.507 e. The molecule has 0 unspecified atom stereocenters. The molecule has 0 fully saturated rings. The monoisotopic (exact) mass is 508 g/mol. The molecule has 0 aliphatic rings. The number of aromatic nitrogens is 6. The van der Waals surface area contributed by atoms with Crippen LogP contribution in [0.25, 0.3) is 22.1 Å². The van der Waals surface area contributed by atoms with E-state index < -0.39 is 11.1 Å². The normalized spacial score (nSPS) is 10.5. The zero-order valence-electron chi connectivity index (χ0n) is 19.5. The molecule has 5 rings (SSSR count). The lowest BCUT2D eigenvalue weighted by Crippen LogP contribution is -2.27. The summed E-state index contributed by atoms with van der Waals surface area (Å²) >= 11 is 0. The molecule has 37 heavy (non-hydrogen) atoms. The van der Waals surface area contributed by atoms with Crippen molar-refractivity contribution >= 4 is 22.1 Å². The van der Waals surface area contributed by atoms with E-state index in [2.05, 4.69) is 19.9 Å². The van der Waals surface area contributed by atoms with E-state index in [1.54, 1.807) is 0 Å². The largest absolute Gasteiger partial charge is 0.507 e. The molecule has 5 aromatic rings. The molecule has 190 valence electrons. The fourth-order valence-corrected chi connectivity index (χ4v) is 3.34. The van der Waals surface area contributed by atoms with Crippen molar-refractivity contribution in [2.75, 3.05) is 14.2 Å². The number of ether oxygens (including phenoxy) is 2. The summed E-state index contributed by atoms with van der Waals surface area (Å²) in [5.74, 6) is -0.338. The van der Waals surface area contributed by atoms with E-state index in [1.807, 2.05) is 30.3 Å². The summed E-state index contributed by atoms with van der Waals surface area (Å²) in [6, 6.07) is 11.3. The first-order valence-corrected chi connectivity index (χ1v) is 10.5. The number of rotatable bonds is 5. The van der Waals surface area contributed by atoms with Crippen molar-refractivity contribution in [3.8, 4) is 23.3 Å². The maximum Gasteiger partial charge on any atom is 0.288 e. The lowest BCUT2D eigenvalue weighted by atomic mass is 10.2. The number of nitrogens with zero attached hydrogens (tertiary/aromatic N) is 6. The van der Waals surface area contributed by atoms with Crippen LogP contribution in [0.4, 0.5) is 0 Å². The van der Waals surface area contributed by atoms with Crippen LogP contribution >= 0.6 is 0 Å². The maximum absolute atomic E-state index is 12.1. The highest BCUT2D eigenvalue weighted by Crippen LogP contribution is 2.28. The van der Waals surface area contributed by atoms with Gasteiger partial charge < -0.3 is 29.7 Å². The van der Waals surface area contributed by atoms with Crippen LogP contribution in [0, 0.1) is 0 Å². The zero-order valence-corrected chi connectivity index (χ0v) is 19.5. The molecule has 14 heteroatoms. The van der Waals surface area contributed by atoms with Crippen LogP contribution in [-0.2, 0) is 6.61 Å². The van der Waals surface area contributed by atoms with Gasteiger partial charge in [-0.1, -0.05) is 30.3 Å². The number of methoxy groups -OCH3 is 2. The summed E-state index contributed by atoms with van der Waals surface area (Å²) in [4.78, 5) is 44.0. The van der Waals surface area contributed by atoms with Crippen molar-refractivity contribution in [3.05, 3.63) is 81.4 Å². The average molecular weight is 508 g/mol. The highest BCUT2D eigenvalue weighted by atomic mass is 16.7. The van der Waals surface area contributed by atoms with Gasteiger partial charge in [0.1, 0.15) is 41.5 Å². The molecule has 0 bridgehead atoms. The predicted octanol–water partition coefficient (Wildman–Crippen LogP) is 0.877. The third kappa shape index (κ3) is 4.88. The Morgan fingerprint density at radius 2 is 1.32 bits per heavy atom. The quantitative estimate of drug-likeness (QED) is 0.285. The Morgan fingerprint density at radius 3 is 1.92 bits per heavy atom. The molecule has 0 saturated heterocycles. The van der Waals surface area contributed by atoms with Crippen LogP contribution in [0.2, 0.25) is 0 Å².